The Hall–Kier alpha value is -1.13. The second-order valence-corrected chi connectivity index (χ2v) is 4.79. The van der Waals surface area contributed by atoms with Crippen molar-refractivity contribution < 1.29 is 9.47 Å². The highest BCUT2D eigenvalue weighted by atomic mass is 16.5. The van der Waals surface area contributed by atoms with Gasteiger partial charge < -0.3 is 14.8 Å². The minimum Gasteiger partial charge on any atom is -0.495 e. The minimum atomic E-state index is -0.350. The molecular formula is C14H24N2O2. The second kappa shape index (κ2) is 6.71. The molecule has 1 heterocycles. The van der Waals surface area contributed by atoms with Crippen LogP contribution in [-0.2, 0) is 4.74 Å². The van der Waals surface area contributed by atoms with Gasteiger partial charge in [0.05, 0.1) is 18.8 Å². The predicted octanol–water partition coefficient (Wildman–Crippen LogP) is 2.56. The van der Waals surface area contributed by atoms with Crippen LogP contribution < -0.4 is 10.1 Å². The highest BCUT2D eigenvalue weighted by Gasteiger charge is 2.33. The largest absolute Gasteiger partial charge is 0.495 e. The molecule has 0 aliphatic rings. The predicted molar refractivity (Wildman–Crippen MR) is 72.9 cm³/mol. The number of hydrogen-bond donors (Lipinski definition) is 1. The van der Waals surface area contributed by atoms with E-state index in [2.05, 4.69) is 31.1 Å². The summed E-state index contributed by atoms with van der Waals surface area (Å²) in [6.45, 7) is 7.15. The van der Waals surface area contributed by atoms with Gasteiger partial charge in [-0.2, -0.15) is 0 Å². The average Bonchev–Trinajstić information content (AvgIpc) is 2.39. The van der Waals surface area contributed by atoms with E-state index in [0.29, 0.717) is 0 Å². The van der Waals surface area contributed by atoms with E-state index in [-0.39, 0.29) is 11.6 Å². The van der Waals surface area contributed by atoms with Gasteiger partial charge in [-0.1, -0.05) is 6.92 Å². The monoisotopic (exact) mass is 252 g/mol. The Morgan fingerprint density at radius 2 is 2.11 bits per heavy atom. The van der Waals surface area contributed by atoms with Gasteiger partial charge in [0.1, 0.15) is 11.4 Å². The third-order valence-corrected chi connectivity index (χ3v) is 3.11. The molecule has 102 valence electrons. The van der Waals surface area contributed by atoms with Gasteiger partial charge in [-0.05, 0) is 38.9 Å². The lowest BCUT2D eigenvalue weighted by atomic mass is 9.94. The Balaban J connectivity index is 3.08. The molecule has 0 aromatic carbocycles. The normalized spacial score (nSPS) is 13.4. The van der Waals surface area contributed by atoms with Crippen LogP contribution in [0, 0.1) is 0 Å². The summed E-state index contributed by atoms with van der Waals surface area (Å²) in [6.07, 6.45) is 2.84. The number of nitrogens with one attached hydrogen (secondary N) is 1. The number of pyridine rings is 1. The van der Waals surface area contributed by atoms with Crippen LogP contribution >= 0.6 is 0 Å². The van der Waals surface area contributed by atoms with Gasteiger partial charge >= 0.3 is 0 Å². The maximum atomic E-state index is 5.59. The van der Waals surface area contributed by atoms with Crippen molar-refractivity contribution in [3.63, 3.8) is 0 Å². The lowest BCUT2D eigenvalue weighted by molar-refractivity contribution is -0.0128. The van der Waals surface area contributed by atoms with E-state index >= 15 is 0 Å². The molecule has 1 atom stereocenters. The molecule has 1 rings (SSSR count). The van der Waals surface area contributed by atoms with E-state index in [1.54, 1.807) is 20.4 Å². The van der Waals surface area contributed by atoms with Crippen LogP contribution in [0.3, 0.4) is 0 Å². The molecule has 0 aliphatic carbocycles. The van der Waals surface area contributed by atoms with Crippen molar-refractivity contribution in [1.82, 2.24) is 10.3 Å². The van der Waals surface area contributed by atoms with Crippen LogP contribution in [0.1, 0.15) is 38.9 Å². The number of methoxy groups -OCH3 is 2. The molecule has 1 aromatic heterocycles. The zero-order chi connectivity index (χ0) is 13.6. The second-order valence-electron chi connectivity index (χ2n) is 4.79. The van der Waals surface area contributed by atoms with Crippen LogP contribution in [0.15, 0.2) is 18.3 Å². The fraction of sp³-hybridized carbons (Fsp3) is 0.643. The zero-order valence-corrected chi connectivity index (χ0v) is 12.0. The van der Waals surface area contributed by atoms with Gasteiger partial charge in [-0.3, -0.25) is 4.98 Å². The molecule has 18 heavy (non-hydrogen) atoms. The van der Waals surface area contributed by atoms with Crippen molar-refractivity contribution >= 4 is 0 Å². The smallest absolute Gasteiger partial charge is 0.142 e. The standard InChI is InChI=1S/C14H24N2O2/c1-6-9-16-13(14(2,3)18-5)12-11(17-4)8-7-10-15-12/h7-8,10,13,16H,6,9H2,1-5H3. The molecule has 0 saturated carbocycles. The number of rotatable bonds is 7. The van der Waals surface area contributed by atoms with Crippen LogP contribution in [-0.4, -0.2) is 31.3 Å². The Kier molecular flexibility index (Phi) is 5.56. The van der Waals surface area contributed by atoms with E-state index in [9.17, 15) is 0 Å². The number of nitrogens with zero attached hydrogens (tertiary/aromatic N) is 1. The number of ether oxygens (including phenoxy) is 2. The Morgan fingerprint density at radius 1 is 1.39 bits per heavy atom. The molecule has 0 amide bonds. The molecule has 1 aromatic rings. The Bertz CT molecular complexity index is 367. The van der Waals surface area contributed by atoms with Crippen LogP contribution in [0.5, 0.6) is 5.75 Å². The molecule has 1 unspecified atom stereocenters. The maximum absolute atomic E-state index is 5.59. The maximum Gasteiger partial charge on any atom is 0.142 e. The average molecular weight is 252 g/mol. The fourth-order valence-electron chi connectivity index (χ4n) is 1.87. The van der Waals surface area contributed by atoms with Gasteiger partial charge in [0, 0.05) is 13.3 Å². The lowest BCUT2D eigenvalue weighted by Gasteiger charge is -2.34. The quantitative estimate of drug-likeness (QED) is 0.810. The highest BCUT2D eigenvalue weighted by molar-refractivity contribution is 5.31. The van der Waals surface area contributed by atoms with E-state index in [4.69, 9.17) is 9.47 Å². The van der Waals surface area contributed by atoms with Crippen molar-refractivity contribution in [1.29, 1.82) is 0 Å². The zero-order valence-electron chi connectivity index (χ0n) is 12.0. The van der Waals surface area contributed by atoms with Gasteiger partial charge in [-0.15, -0.1) is 0 Å². The highest BCUT2D eigenvalue weighted by Crippen LogP contribution is 2.32. The molecule has 4 heteroatoms. The summed E-state index contributed by atoms with van der Waals surface area (Å²) in [5.74, 6) is 0.788. The van der Waals surface area contributed by atoms with Gasteiger partial charge in [0.25, 0.3) is 0 Å². The third-order valence-electron chi connectivity index (χ3n) is 3.11. The van der Waals surface area contributed by atoms with Crippen molar-refractivity contribution in [3.8, 4) is 5.75 Å². The molecule has 0 bridgehead atoms. The van der Waals surface area contributed by atoms with Gasteiger partial charge in [0.2, 0.25) is 0 Å². The van der Waals surface area contributed by atoms with Crippen molar-refractivity contribution in [3.05, 3.63) is 24.0 Å². The molecule has 0 saturated heterocycles. The van der Waals surface area contributed by atoms with Crippen molar-refractivity contribution in [2.75, 3.05) is 20.8 Å². The van der Waals surface area contributed by atoms with E-state index in [1.165, 1.54) is 0 Å². The molecule has 0 aliphatic heterocycles. The topological polar surface area (TPSA) is 43.4 Å². The van der Waals surface area contributed by atoms with E-state index in [0.717, 1.165) is 24.4 Å². The van der Waals surface area contributed by atoms with E-state index in [1.807, 2.05) is 12.1 Å². The summed E-state index contributed by atoms with van der Waals surface area (Å²) in [5.41, 5.74) is 0.539. The summed E-state index contributed by atoms with van der Waals surface area (Å²) >= 11 is 0. The Labute approximate surface area is 110 Å². The number of hydrogen-bond acceptors (Lipinski definition) is 4. The summed E-state index contributed by atoms with van der Waals surface area (Å²) in [6, 6.07) is 3.80. The molecular weight excluding hydrogens is 228 g/mol. The SMILES string of the molecule is CCCNC(c1ncccc1OC)C(C)(C)OC. The van der Waals surface area contributed by atoms with Crippen LogP contribution in [0.4, 0.5) is 0 Å². The summed E-state index contributed by atoms with van der Waals surface area (Å²) in [5, 5.41) is 3.48. The molecule has 1 N–H and O–H groups in total. The first-order chi connectivity index (χ1) is 8.56. The van der Waals surface area contributed by atoms with Crippen LogP contribution in [0.2, 0.25) is 0 Å². The molecule has 0 fully saturated rings. The summed E-state index contributed by atoms with van der Waals surface area (Å²) < 4.78 is 11.0. The summed E-state index contributed by atoms with van der Waals surface area (Å²) in [7, 11) is 3.38. The van der Waals surface area contributed by atoms with Gasteiger partial charge in [-0.25, -0.2) is 0 Å². The first kappa shape index (κ1) is 14.9. The van der Waals surface area contributed by atoms with Gasteiger partial charge in [0.15, 0.2) is 0 Å². The fourth-order valence-corrected chi connectivity index (χ4v) is 1.87. The lowest BCUT2D eigenvalue weighted by Crippen LogP contribution is -2.41. The first-order valence-corrected chi connectivity index (χ1v) is 6.34. The van der Waals surface area contributed by atoms with Crippen LogP contribution in [0.25, 0.3) is 0 Å². The minimum absolute atomic E-state index is 0.00130. The molecule has 4 nitrogen and oxygen atoms in total. The molecule has 0 radical (unpaired) electrons. The number of aromatic nitrogens is 1. The van der Waals surface area contributed by atoms with Crippen molar-refractivity contribution in [2.45, 2.75) is 38.8 Å². The third kappa shape index (κ3) is 3.43. The van der Waals surface area contributed by atoms with E-state index < -0.39 is 0 Å². The Morgan fingerprint density at radius 3 is 2.67 bits per heavy atom. The first-order valence-electron chi connectivity index (χ1n) is 6.34. The van der Waals surface area contributed by atoms with Crippen molar-refractivity contribution in [2.24, 2.45) is 0 Å². The summed E-state index contributed by atoms with van der Waals surface area (Å²) in [4.78, 5) is 4.45. The molecule has 0 spiro atoms.